The molecule has 0 aliphatic carbocycles. The van der Waals surface area contributed by atoms with Crippen LogP contribution in [0.15, 0.2) is 0 Å². The molecule has 1 saturated heterocycles. The summed E-state index contributed by atoms with van der Waals surface area (Å²) in [6, 6.07) is 0. The Morgan fingerprint density at radius 2 is 2.21 bits per heavy atom. The molecule has 2 unspecified atom stereocenters. The quantitative estimate of drug-likeness (QED) is 0.700. The summed E-state index contributed by atoms with van der Waals surface area (Å²) in [5.74, 6) is 3.05. The van der Waals surface area contributed by atoms with E-state index in [0.29, 0.717) is 0 Å². The van der Waals surface area contributed by atoms with E-state index in [1.807, 2.05) is 11.8 Å². The summed E-state index contributed by atoms with van der Waals surface area (Å²) >= 11 is 1.96. The average Bonchev–Trinajstić information content (AvgIpc) is 2.38. The summed E-state index contributed by atoms with van der Waals surface area (Å²) in [4.78, 5) is 0. The maximum atomic E-state index is 5.99. The van der Waals surface area contributed by atoms with Gasteiger partial charge in [-0.15, -0.1) is 11.8 Å². The molecule has 0 bridgehead atoms. The number of rotatable bonds is 4. The lowest BCUT2D eigenvalue weighted by molar-refractivity contribution is -0.0251. The van der Waals surface area contributed by atoms with Crippen molar-refractivity contribution < 1.29 is 4.74 Å². The Morgan fingerprint density at radius 1 is 1.43 bits per heavy atom. The monoisotopic (exact) mass is 216 g/mol. The Hall–Kier alpha value is 0.310. The predicted octanol–water partition coefficient (Wildman–Crippen LogP) is 4.07. The van der Waals surface area contributed by atoms with Crippen LogP contribution in [-0.4, -0.2) is 17.3 Å². The highest BCUT2D eigenvalue weighted by Crippen LogP contribution is 2.34. The SMILES string of the molecule is CCCCC1(C)CC(CC)CSCO1. The largest absolute Gasteiger partial charge is 0.365 e. The molecule has 1 nitrogen and oxygen atoms in total. The molecule has 84 valence electrons. The highest BCUT2D eigenvalue weighted by molar-refractivity contribution is 7.99. The Balaban J connectivity index is 2.47. The molecular formula is C12H24OS. The molecule has 0 N–H and O–H groups in total. The second-order valence-corrected chi connectivity index (χ2v) is 5.64. The van der Waals surface area contributed by atoms with Gasteiger partial charge in [-0.3, -0.25) is 0 Å². The first kappa shape index (κ1) is 12.4. The van der Waals surface area contributed by atoms with Crippen molar-refractivity contribution in [3.8, 4) is 0 Å². The zero-order valence-corrected chi connectivity index (χ0v) is 10.7. The van der Waals surface area contributed by atoms with E-state index in [2.05, 4.69) is 20.8 Å². The fourth-order valence-electron chi connectivity index (χ4n) is 2.11. The van der Waals surface area contributed by atoms with Crippen molar-refractivity contribution in [2.45, 2.75) is 58.5 Å². The lowest BCUT2D eigenvalue weighted by Gasteiger charge is -2.30. The minimum atomic E-state index is 0.167. The van der Waals surface area contributed by atoms with Crippen LogP contribution >= 0.6 is 11.8 Å². The first-order valence-electron chi connectivity index (χ1n) is 5.92. The van der Waals surface area contributed by atoms with Gasteiger partial charge in [0, 0.05) is 0 Å². The van der Waals surface area contributed by atoms with E-state index in [1.165, 1.54) is 37.9 Å². The predicted molar refractivity (Wildman–Crippen MR) is 64.7 cm³/mol. The summed E-state index contributed by atoms with van der Waals surface area (Å²) < 4.78 is 5.99. The van der Waals surface area contributed by atoms with Gasteiger partial charge in [0.05, 0.1) is 11.5 Å². The van der Waals surface area contributed by atoms with Gasteiger partial charge in [-0.2, -0.15) is 0 Å². The summed E-state index contributed by atoms with van der Waals surface area (Å²) in [6.07, 6.45) is 6.38. The van der Waals surface area contributed by atoms with Crippen LogP contribution < -0.4 is 0 Å². The van der Waals surface area contributed by atoms with Crippen LogP contribution in [0.3, 0.4) is 0 Å². The minimum Gasteiger partial charge on any atom is -0.365 e. The molecule has 14 heavy (non-hydrogen) atoms. The van der Waals surface area contributed by atoms with Crippen LogP contribution in [0, 0.1) is 5.92 Å². The molecule has 1 rings (SSSR count). The third-order valence-corrected chi connectivity index (χ3v) is 4.19. The molecule has 0 radical (unpaired) electrons. The lowest BCUT2D eigenvalue weighted by atomic mass is 9.87. The smallest absolute Gasteiger partial charge is 0.0928 e. The number of hydrogen-bond donors (Lipinski definition) is 0. The fraction of sp³-hybridized carbons (Fsp3) is 1.00. The topological polar surface area (TPSA) is 9.23 Å². The van der Waals surface area contributed by atoms with E-state index in [1.54, 1.807) is 0 Å². The zero-order chi connectivity index (χ0) is 10.4. The van der Waals surface area contributed by atoms with Crippen molar-refractivity contribution in [1.82, 2.24) is 0 Å². The van der Waals surface area contributed by atoms with Crippen LogP contribution in [0.25, 0.3) is 0 Å². The van der Waals surface area contributed by atoms with Crippen LogP contribution in [0.1, 0.15) is 52.9 Å². The molecule has 0 aromatic rings. The summed E-state index contributed by atoms with van der Waals surface area (Å²) in [7, 11) is 0. The van der Waals surface area contributed by atoms with Crippen LogP contribution in [0.4, 0.5) is 0 Å². The molecule has 1 aliphatic rings. The Morgan fingerprint density at radius 3 is 2.86 bits per heavy atom. The zero-order valence-electron chi connectivity index (χ0n) is 9.84. The number of hydrogen-bond acceptors (Lipinski definition) is 2. The first-order chi connectivity index (χ1) is 6.70. The highest BCUT2D eigenvalue weighted by Gasteiger charge is 2.30. The normalized spacial score (nSPS) is 34.1. The molecule has 0 spiro atoms. The second-order valence-electron chi connectivity index (χ2n) is 4.66. The first-order valence-corrected chi connectivity index (χ1v) is 7.07. The van der Waals surface area contributed by atoms with Crippen LogP contribution in [-0.2, 0) is 4.74 Å². The number of unbranched alkanes of at least 4 members (excludes halogenated alkanes) is 1. The maximum absolute atomic E-state index is 5.99. The van der Waals surface area contributed by atoms with Gasteiger partial charge >= 0.3 is 0 Å². The molecule has 2 heteroatoms. The van der Waals surface area contributed by atoms with E-state index in [4.69, 9.17) is 4.74 Å². The van der Waals surface area contributed by atoms with Crippen LogP contribution in [0.2, 0.25) is 0 Å². The van der Waals surface area contributed by atoms with Gasteiger partial charge in [-0.05, 0) is 31.4 Å². The molecule has 0 aromatic carbocycles. The minimum absolute atomic E-state index is 0.167. The maximum Gasteiger partial charge on any atom is 0.0928 e. The summed E-state index contributed by atoms with van der Waals surface area (Å²) in [6.45, 7) is 6.86. The van der Waals surface area contributed by atoms with E-state index >= 15 is 0 Å². The van der Waals surface area contributed by atoms with Crippen molar-refractivity contribution in [2.24, 2.45) is 5.92 Å². The van der Waals surface area contributed by atoms with Crippen molar-refractivity contribution >= 4 is 11.8 Å². The molecule has 0 saturated carbocycles. The number of ether oxygens (including phenoxy) is 1. The lowest BCUT2D eigenvalue weighted by Crippen LogP contribution is -2.30. The Bertz CT molecular complexity index is 160. The van der Waals surface area contributed by atoms with Crippen molar-refractivity contribution in [3.05, 3.63) is 0 Å². The van der Waals surface area contributed by atoms with E-state index in [0.717, 1.165) is 11.9 Å². The molecule has 1 heterocycles. The molecule has 2 atom stereocenters. The van der Waals surface area contributed by atoms with Crippen LogP contribution in [0.5, 0.6) is 0 Å². The highest BCUT2D eigenvalue weighted by atomic mass is 32.2. The van der Waals surface area contributed by atoms with Gasteiger partial charge in [0.25, 0.3) is 0 Å². The van der Waals surface area contributed by atoms with Gasteiger partial charge in [0.1, 0.15) is 0 Å². The number of thioether (sulfide) groups is 1. The molecule has 1 fully saturated rings. The Labute approximate surface area is 93.0 Å². The average molecular weight is 216 g/mol. The molecule has 0 amide bonds. The molecule has 1 aliphatic heterocycles. The summed E-state index contributed by atoms with van der Waals surface area (Å²) in [5, 5.41) is 0. The fourth-order valence-corrected chi connectivity index (χ4v) is 3.27. The van der Waals surface area contributed by atoms with Gasteiger partial charge in [-0.1, -0.05) is 33.1 Å². The van der Waals surface area contributed by atoms with Gasteiger partial charge in [0.2, 0.25) is 0 Å². The van der Waals surface area contributed by atoms with E-state index in [-0.39, 0.29) is 5.60 Å². The second kappa shape index (κ2) is 6.02. The standard InChI is InChI=1S/C12H24OS/c1-4-6-7-12(3)8-11(5-2)9-14-10-13-12/h11H,4-10H2,1-3H3. The molecular weight excluding hydrogens is 192 g/mol. The van der Waals surface area contributed by atoms with Gasteiger partial charge in [0.15, 0.2) is 0 Å². The van der Waals surface area contributed by atoms with Crippen molar-refractivity contribution in [3.63, 3.8) is 0 Å². The van der Waals surface area contributed by atoms with Gasteiger partial charge < -0.3 is 4.74 Å². The van der Waals surface area contributed by atoms with E-state index < -0.39 is 0 Å². The van der Waals surface area contributed by atoms with Crippen molar-refractivity contribution in [1.29, 1.82) is 0 Å². The third-order valence-electron chi connectivity index (χ3n) is 3.20. The van der Waals surface area contributed by atoms with Gasteiger partial charge in [-0.25, -0.2) is 0 Å². The third kappa shape index (κ3) is 3.82. The Kier molecular flexibility index (Phi) is 5.32. The molecule has 0 aromatic heterocycles. The summed E-state index contributed by atoms with van der Waals surface area (Å²) in [5.41, 5.74) is 0.167. The van der Waals surface area contributed by atoms with Crippen molar-refractivity contribution in [2.75, 3.05) is 11.7 Å². The van der Waals surface area contributed by atoms with E-state index in [9.17, 15) is 0 Å².